The summed E-state index contributed by atoms with van der Waals surface area (Å²) in [5, 5.41) is 3.28. The Kier molecular flexibility index (Phi) is 3.33. The molecule has 1 aliphatic carbocycles. The molecule has 1 saturated carbocycles. The highest BCUT2D eigenvalue weighted by molar-refractivity contribution is 5.95. The Labute approximate surface area is 108 Å². The van der Waals surface area contributed by atoms with Crippen molar-refractivity contribution in [2.24, 2.45) is 5.92 Å². The molecule has 1 N–H and O–H groups in total. The number of hydrogen-bond acceptors (Lipinski definition) is 2. The zero-order valence-electron chi connectivity index (χ0n) is 10.7. The third-order valence-electron chi connectivity index (χ3n) is 3.82. The van der Waals surface area contributed by atoms with Gasteiger partial charge in [-0.05, 0) is 49.8 Å². The van der Waals surface area contributed by atoms with Crippen LogP contribution in [-0.2, 0) is 11.2 Å². The summed E-state index contributed by atoms with van der Waals surface area (Å²) in [6.07, 6.45) is 4.82. The zero-order chi connectivity index (χ0) is 12.4. The second-order valence-corrected chi connectivity index (χ2v) is 5.35. The Morgan fingerprint density at radius 2 is 2.17 bits per heavy atom. The zero-order valence-corrected chi connectivity index (χ0v) is 10.7. The fourth-order valence-corrected chi connectivity index (χ4v) is 2.59. The lowest BCUT2D eigenvalue weighted by Crippen LogP contribution is -2.41. The van der Waals surface area contributed by atoms with E-state index in [1.807, 2.05) is 11.0 Å². The van der Waals surface area contributed by atoms with Crippen LogP contribution in [0.15, 0.2) is 24.3 Å². The second kappa shape index (κ2) is 5.11. The third kappa shape index (κ3) is 2.56. The molecule has 0 saturated heterocycles. The van der Waals surface area contributed by atoms with E-state index in [1.165, 1.54) is 18.4 Å². The molecule has 3 nitrogen and oxygen atoms in total. The molecule has 1 amide bonds. The maximum Gasteiger partial charge on any atom is 0.240 e. The number of nitrogens with one attached hydrogen (secondary N) is 1. The lowest BCUT2D eigenvalue weighted by Gasteiger charge is -2.29. The minimum atomic E-state index is 0.211. The smallest absolute Gasteiger partial charge is 0.240 e. The van der Waals surface area contributed by atoms with Crippen LogP contribution >= 0.6 is 0 Å². The number of hydrogen-bond donors (Lipinski definition) is 1. The van der Waals surface area contributed by atoms with Gasteiger partial charge in [-0.3, -0.25) is 4.79 Å². The first-order valence-corrected chi connectivity index (χ1v) is 6.93. The van der Waals surface area contributed by atoms with Crippen LogP contribution < -0.4 is 10.2 Å². The molecule has 3 heteroatoms. The van der Waals surface area contributed by atoms with Crippen LogP contribution in [0, 0.1) is 5.92 Å². The molecule has 0 bridgehead atoms. The Morgan fingerprint density at radius 1 is 1.33 bits per heavy atom. The SMILES string of the molecule is O=C(CNCC1CC1)N1CCCc2ccccc21. The van der Waals surface area contributed by atoms with Gasteiger partial charge in [0.15, 0.2) is 0 Å². The van der Waals surface area contributed by atoms with Crippen LogP contribution in [0.1, 0.15) is 24.8 Å². The largest absolute Gasteiger partial charge is 0.311 e. The minimum absolute atomic E-state index is 0.211. The molecule has 0 radical (unpaired) electrons. The van der Waals surface area contributed by atoms with Gasteiger partial charge in [-0.2, -0.15) is 0 Å². The molecule has 0 unspecified atom stereocenters. The van der Waals surface area contributed by atoms with Gasteiger partial charge in [0.05, 0.1) is 6.54 Å². The number of benzene rings is 1. The van der Waals surface area contributed by atoms with Crippen LogP contribution in [0.2, 0.25) is 0 Å². The van der Waals surface area contributed by atoms with Crippen molar-refractivity contribution >= 4 is 11.6 Å². The summed E-state index contributed by atoms with van der Waals surface area (Å²) in [5.74, 6) is 1.04. The van der Waals surface area contributed by atoms with Crippen molar-refractivity contribution in [3.8, 4) is 0 Å². The number of amides is 1. The summed E-state index contributed by atoms with van der Waals surface area (Å²) in [6, 6.07) is 8.26. The van der Waals surface area contributed by atoms with Crippen molar-refractivity contribution in [2.75, 3.05) is 24.5 Å². The maximum absolute atomic E-state index is 12.2. The minimum Gasteiger partial charge on any atom is -0.311 e. The highest BCUT2D eigenvalue weighted by atomic mass is 16.2. The van der Waals surface area contributed by atoms with Gasteiger partial charge in [-0.15, -0.1) is 0 Å². The summed E-state index contributed by atoms with van der Waals surface area (Å²) in [6.45, 7) is 2.34. The predicted octanol–water partition coefficient (Wildman–Crippen LogP) is 1.97. The highest BCUT2D eigenvalue weighted by Crippen LogP contribution is 2.28. The van der Waals surface area contributed by atoms with E-state index < -0.39 is 0 Å². The van der Waals surface area contributed by atoms with Gasteiger partial charge in [0.2, 0.25) is 5.91 Å². The maximum atomic E-state index is 12.2. The lowest BCUT2D eigenvalue weighted by atomic mass is 10.0. The predicted molar refractivity (Wildman–Crippen MR) is 72.7 cm³/mol. The molecule has 3 rings (SSSR count). The fourth-order valence-electron chi connectivity index (χ4n) is 2.59. The van der Waals surface area contributed by atoms with Crippen LogP contribution in [0.4, 0.5) is 5.69 Å². The molecule has 0 atom stereocenters. The summed E-state index contributed by atoms with van der Waals surface area (Å²) in [7, 11) is 0. The van der Waals surface area contributed by atoms with Crippen LogP contribution in [-0.4, -0.2) is 25.5 Å². The fraction of sp³-hybridized carbons (Fsp3) is 0.533. The summed E-state index contributed by atoms with van der Waals surface area (Å²) >= 11 is 0. The average molecular weight is 244 g/mol. The van der Waals surface area contributed by atoms with E-state index in [0.717, 1.165) is 37.5 Å². The molecular weight excluding hydrogens is 224 g/mol. The average Bonchev–Trinajstić information content (AvgIpc) is 3.22. The van der Waals surface area contributed by atoms with Crippen LogP contribution in [0.3, 0.4) is 0 Å². The van der Waals surface area contributed by atoms with Gasteiger partial charge >= 0.3 is 0 Å². The molecule has 18 heavy (non-hydrogen) atoms. The molecule has 1 fully saturated rings. The van der Waals surface area contributed by atoms with Crippen LogP contribution in [0.5, 0.6) is 0 Å². The molecular formula is C15H20N2O. The first-order valence-electron chi connectivity index (χ1n) is 6.93. The van der Waals surface area contributed by atoms with Gasteiger partial charge in [-0.25, -0.2) is 0 Å². The Morgan fingerprint density at radius 3 is 3.00 bits per heavy atom. The number of anilines is 1. The van der Waals surface area contributed by atoms with Gasteiger partial charge in [0.1, 0.15) is 0 Å². The number of aryl methyl sites for hydroxylation is 1. The lowest BCUT2D eigenvalue weighted by molar-refractivity contribution is -0.117. The number of carbonyl (C=O) groups excluding carboxylic acids is 1. The Balaban J connectivity index is 1.62. The quantitative estimate of drug-likeness (QED) is 0.878. The molecule has 1 aromatic rings. The normalized spacial score (nSPS) is 18.6. The summed E-state index contributed by atoms with van der Waals surface area (Å²) in [4.78, 5) is 14.2. The highest BCUT2D eigenvalue weighted by Gasteiger charge is 2.23. The van der Waals surface area contributed by atoms with Crippen LogP contribution in [0.25, 0.3) is 0 Å². The van der Waals surface area contributed by atoms with Crippen molar-refractivity contribution in [3.63, 3.8) is 0 Å². The topological polar surface area (TPSA) is 32.3 Å². The van der Waals surface area contributed by atoms with E-state index in [0.29, 0.717) is 6.54 Å². The standard InChI is InChI=1S/C15H20N2O/c18-15(11-16-10-12-7-8-12)17-9-3-5-13-4-1-2-6-14(13)17/h1-2,4,6,12,16H,3,5,7-11H2. The molecule has 0 spiro atoms. The molecule has 0 aromatic heterocycles. The van der Waals surface area contributed by atoms with Crippen molar-refractivity contribution in [1.29, 1.82) is 0 Å². The van der Waals surface area contributed by atoms with Gasteiger partial charge in [-0.1, -0.05) is 18.2 Å². The van der Waals surface area contributed by atoms with E-state index in [4.69, 9.17) is 0 Å². The van der Waals surface area contributed by atoms with Crippen molar-refractivity contribution in [2.45, 2.75) is 25.7 Å². The number of carbonyl (C=O) groups is 1. The van der Waals surface area contributed by atoms with E-state index >= 15 is 0 Å². The van der Waals surface area contributed by atoms with E-state index in [1.54, 1.807) is 0 Å². The first-order chi connectivity index (χ1) is 8.84. The number of fused-ring (bicyclic) bond motifs is 1. The monoisotopic (exact) mass is 244 g/mol. The van der Waals surface area contributed by atoms with Crippen molar-refractivity contribution < 1.29 is 4.79 Å². The van der Waals surface area contributed by atoms with Gasteiger partial charge in [0.25, 0.3) is 0 Å². The Hall–Kier alpha value is -1.35. The third-order valence-corrected chi connectivity index (χ3v) is 3.82. The molecule has 1 aromatic carbocycles. The van der Waals surface area contributed by atoms with E-state index in [-0.39, 0.29) is 5.91 Å². The van der Waals surface area contributed by atoms with Gasteiger partial charge in [0, 0.05) is 12.2 Å². The molecule has 1 heterocycles. The van der Waals surface area contributed by atoms with Gasteiger partial charge < -0.3 is 10.2 Å². The number of para-hydroxylation sites is 1. The number of rotatable bonds is 4. The molecule has 96 valence electrons. The van der Waals surface area contributed by atoms with Crippen molar-refractivity contribution in [3.05, 3.63) is 29.8 Å². The van der Waals surface area contributed by atoms with E-state index in [2.05, 4.69) is 23.5 Å². The second-order valence-electron chi connectivity index (χ2n) is 5.35. The first kappa shape index (κ1) is 11.7. The molecule has 2 aliphatic rings. The van der Waals surface area contributed by atoms with E-state index in [9.17, 15) is 4.79 Å². The molecule has 1 aliphatic heterocycles. The summed E-state index contributed by atoms with van der Waals surface area (Å²) in [5.41, 5.74) is 2.42. The van der Waals surface area contributed by atoms with Crippen molar-refractivity contribution in [1.82, 2.24) is 5.32 Å². The summed E-state index contributed by atoms with van der Waals surface area (Å²) < 4.78 is 0. The Bertz CT molecular complexity index is 440. The number of nitrogens with zero attached hydrogens (tertiary/aromatic N) is 1.